The summed E-state index contributed by atoms with van der Waals surface area (Å²) in [5.41, 5.74) is 0.784. The molecule has 2 heterocycles. The average Bonchev–Trinajstić information content (AvgIpc) is 3.56. The molecule has 1 aliphatic rings. The highest BCUT2D eigenvalue weighted by atomic mass is 19.1. The highest BCUT2D eigenvalue weighted by Gasteiger charge is 2.31. The van der Waals surface area contributed by atoms with E-state index in [1.807, 2.05) is 18.2 Å². The number of nitrogens with one attached hydrogen (secondary N) is 1. The molecule has 1 aromatic carbocycles. The summed E-state index contributed by atoms with van der Waals surface area (Å²) in [5, 5.41) is 14.9. The summed E-state index contributed by atoms with van der Waals surface area (Å²) in [5.74, 6) is -1.67. The summed E-state index contributed by atoms with van der Waals surface area (Å²) in [6.07, 6.45) is 1.30. The van der Waals surface area contributed by atoms with Gasteiger partial charge in [0.15, 0.2) is 11.9 Å². The standard InChI is InChI=1S/C23H22FN3O6/c1-13(15-5-3-2-4-6-15)31-23(30)26-19-20(33-27-21(19)24)16-9-10-18(25-12-16)32-17(22(28)29)11-14-7-8-14/h2-6,9-10,12-14,17H,7-8,11H2,1H3,(H,26,30)(H,28,29). The molecule has 0 spiro atoms. The molecule has 0 radical (unpaired) electrons. The number of aromatic nitrogens is 2. The highest BCUT2D eigenvalue weighted by molar-refractivity contribution is 5.89. The molecule has 10 heteroatoms. The minimum Gasteiger partial charge on any atom is -0.479 e. The number of benzene rings is 1. The van der Waals surface area contributed by atoms with Crippen molar-refractivity contribution in [2.75, 3.05) is 5.32 Å². The van der Waals surface area contributed by atoms with E-state index in [-0.39, 0.29) is 17.3 Å². The minimum atomic E-state index is -1.06. The van der Waals surface area contributed by atoms with Crippen LogP contribution in [0.3, 0.4) is 0 Å². The molecule has 2 aromatic heterocycles. The molecule has 0 bridgehead atoms. The van der Waals surface area contributed by atoms with E-state index in [0.717, 1.165) is 18.4 Å². The Morgan fingerprint density at radius 2 is 2.00 bits per heavy atom. The van der Waals surface area contributed by atoms with E-state index in [1.54, 1.807) is 19.1 Å². The van der Waals surface area contributed by atoms with E-state index in [4.69, 9.17) is 14.0 Å². The Bertz CT molecular complexity index is 1110. The van der Waals surface area contributed by atoms with E-state index in [2.05, 4.69) is 15.5 Å². The lowest BCUT2D eigenvalue weighted by atomic mass is 10.1. The monoisotopic (exact) mass is 455 g/mol. The fraction of sp³-hybridized carbons (Fsp3) is 0.304. The quantitative estimate of drug-likeness (QED) is 0.471. The van der Waals surface area contributed by atoms with Crippen LogP contribution in [0.15, 0.2) is 53.2 Å². The van der Waals surface area contributed by atoms with Gasteiger partial charge in [0.05, 0.1) is 0 Å². The van der Waals surface area contributed by atoms with Gasteiger partial charge < -0.3 is 19.1 Å². The van der Waals surface area contributed by atoms with Crippen molar-refractivity contribution >= 4 is 17.7 Å². The molecule has 9 nitrogen and oxygen atoms in total. The van der Waals surface area contributed by atoms with Crippen LogP contribution in [-0.4, -0.2) is 33.4 Å². The number of carbonyl (C=O) groups is 2. The molecule has 1 aliphatic carbocycles. The van der Waals surface area contributed by atoms with Gasteiger partial charge in [-0.05, 0) is 36.0 Å². The van der Waals surface area contributed by atoms with Crippen molar-refractivity contribution in [2.24, 2.45) is 5.92 Å². The molecular formula is C23H22FN3O6. The van der Waals surface area contributed by atoms with Crippen LogP contribution in [0.1, 0.15) is 37.9 Å². The maximum atomic E-state index is 14.2. The number of hydrogen-bond acceptors (Lipinski definition) is 7. The molecule has 0 aliphatic heterocycles. The molecule has 1 amide bonds. The summed E-state index contributed by atoms with van der Waals surface area (Å²) < 4.78 is 30.0. The van der Waals surface area contributed by atoms with Gasteiger partial charge in [-0.15, -0.1) is 0 Å². The Hall–Kier alpha value is -3.95. The zero-order valence-corrected chi connectivity index (χ0v) is 17.7. The van der Waals surface area contributed by atoms with Crippen LogP contribution in [0, 0.1) is 11.9 Å². The third kappa shape index (κ3) is 5.65. The van der Waals surface area contributed by atoms with Crippen LogP contribution in [0.4, 0.5) is 14.9 Å². The molecule has 2 atom stereocenters. The van der Waals surface area contributed by atoms with Gasteiger partial charge in [0.25, 0.3) is 5.95 Å². The number of nitrogens with zero attached hydrogens (tertiary/aromatic N) is 2. The first-order chi connectivity index (χ1) is 15.9. The molecule has 172 valence electrons. The second-order valence-electron chi connectivity index (χ2n) is 7.77. The van der Waals surface area contributed by atoms with Crippen molar-refractivity contribution in [2.45, 2.75) is 38.4 Å². The molecule has 0 saturated heterocycles. The molecule has 1 saturated carbocycles. The van der Waals surface area contributed by atoms with Gasteiger partial charge in [0.1, 0.15) is 11.8 Å². The van der Waals surface area contributed by atoms with Crippen molar-refractivity contribution in [3.05, 3.63) is 60.2 Å². The third-order valence-corrected chi connectivity index (χ3v) is 5.21. The molecule has 33 heavy (non-hydrogen) atoms. The number of rotatable bonds is 9. The zero-order valence-electron chi connectivity index (χ0n) is 17.7. The molecule has 1 fully saturated rings. The largest absolute Gasteiger partial charge is 0.479 e. The average molecular weight is 455 g/mol. The second-order valence-corrected chi connectivity index (χ2v) is 7.77. The molecule has 4 rings (SSSR count). The Balaban J connectivity index is 1.43. The van der Waals surface area contributed by atoms with Crippen LogP contribution < -0.4 is 10.1 Å². The van der Waals surface area contributed by atoms with Gasteiger partial charge >= 0.3 is 12.1 Å². The van der Waals surface area contributed by atoms with Crippen molar-refractivity contribution < 1.29 is 33.1 Å². The number of carboxylic acids is 1. The Kier molecular flexibility index (Phi) is 6.53. The number of ether oxygens (including phenoxy) is 2. The van der Waals surface area contributed by atoms with Crippen molar-refractivity contribution in [3.63, 3.8) is 0 Å². The summed E-state index contributed by atoms with van der Waals surface area (Å²) in [6.45, 7) is 1.69. The summed E-state index contributed by atoms with van der Waals surface area (Å²) >= 11 is 0. The first-order valence-corrected chi connectivity index (χ1v) is 10.4. The van der Waals surface area contributed by atoms with E-state index in [1.165, 1.54) is 18.3 Å². The van der Waals surface area contributed by atoms with Crippen LogP contribution in [0.5, 0.6) is 5.88 Å². The SMILES string of the molecule is CC(OC(=O)Nc1c(F)noc1-c1ccc(OC(CC2CC2)C(=O)O)nc1)c1ccccc1. The van der Waals surface area contributed by atoms with Crippen LogP contribution >= 0.6 is 0 Å². The lowest BCUT2D eigenvalue weighted by Crippen LogP contribution is -2.27. The van der Waals surface area contributed by atoms with Crippen LogP contribution in [-0.2, 0) is 9.53 Å². The number of anilines is 1. The van der Waals surface area contributed by atoms with E-state index in [0.29, 0.717) is 17.9 Å². The lowest BCUT2D eigenvalue weighted by molar-refractivity contribution is -0.145. The van der Waals surface area contributed by atoms with Crippen molar-refractivity contribution in [1.29, 1.82) is 0 Å². The highest BCUT2D eigenvalue weighted by Crippen LogP contribution is 2.35. The summed E-state index contributed by atoms with van der Waals surface area (Å²) in [6, 6.07) is 12.0. The number of amides is 1. The van der Waals surface area contributed by atoms with Gasteiger partial charge in [0, 0.05) is 17.8 Å². The number of aliphatic carboxylic acids is 1. The Morgan fingerprint density at radius 3 is 2.64 bits per heavy atom. The minimum absolute atomic E-state index is 0.0661. The van der Waals surface area contributed by atoms with E-state index in [9.17, 15) is 19.1 Å². The van der Waals surface area contributed by atoms with E-state index >= 15 is 0 Å². The summed E-state index contributed by atoms with van der Waals surface area (Å²) in [4.78, 5) is 27.8. The normalized spacial score (nSPS) is 14.8. The van der Waals surface area contributed by atoms with Gasteiger partial charge in [0.2, 0.25) is 5.88 Å². The molecule has 3 aromatic rings. The van der Waals surface area contributed by atoms with Gasteiger partial charge in [-0.1, -0.05) is 43.2 Å². The van der Waals surface area contributed by atoms with E-state index < -0.39 is 30.2 Å². The lowest BCUT2D eigenvalue weighted by Gasteiger charge is -2.14. The van der Waals surface area contributed by atoms with Crippen LogP contribution in [0.2, 0.25) is 0 Å². The van der Waals surface area contributed by atoms with Crippen LogP contribution in [0.25, 0.3) is 11.3 Å². The molecule has 2 N–H and O–H groups in total. The number of carboxylic acid groups (broad SMARTS) is 1. The third-order valence-electron chi connectivity index (χ3n) is 5.21. The fourth-order valence-electron chi connectivity index (χ4n) is 3.25. The smallest absolute Gasteiger partial charge is 0.412 e. The molecule has 2 unspecified atom stereocenters. The number of halogens is 1. The van der Waals surface area contributed by atoms with Gasteiger partial charge in [-0.25, -0.2) is 14.6 Å². The molecular weight excluding hydrogens is 433 g/mol. The van der Waals surface area contributed by atoms with Crippen molar-refractivity contribution in [1.82, 2.24) is 10.1 Å². The number of pyridine rings is 1. The predicted octanol–water partition coefficient (Wildman–Crippen LogP) is 4.82. The zero-order chi connectivity index (χ0) is 23.4. The predicted molar refractivity (Wildman–Crippen MR) is 114 cm³/mol. The fourth-order valence-corrected chi connectivity index (χ4v) is 3.25. The van der Waals surface area contributed by atoms with Gasteiger partial charge in [-0.2, -0.15) is 4.39 Å². The Morgan fingerprint density at radius 1 is 1.24 bits per heavy atom. The van der Waals surface area contributed by atoms with Gasteiger partial charge in [-0.3, -0.25) is 5.32 Å². The Labute approximate surface area is 188 Å². The number of hydrogen-bond donors (Lipinski definition) is 2. The summed E-state index contributed by atoms with van der Waals surface area (Å²) in [7, 11) is 0. The first kappa shape index (κ1) is 22.3. The van der Waals surface area contributed by atoms with Crippen molar-refractivity contribution in [3.8, 4) is 17.2 Å². The maximum absolute atomic E-state index is 14.2. The number of carbonyl (C=O) groups excluding carboxylic acids is 1. The maximum Gasteiger partial charge on any atom is 0.412 e. The second kappa shape index (κ2) is 9.68. The topological polar surface area (TPSA) is 124 Å². The first-order valence-electron chi connectivity index (χ1n) is 10.4.